The van der Waals surface area contributed by atoms with Gasteiger partial charge in [-0.15, -0.1) is 24.0 Å². The second-order valence-corrected chi connectivity index (χ2v) is 9.65. The maximum absolute atomic E-state index is 12.1. The van der Waals surface area contributed by atoms with Gasteiger partial charge in [0.1, 0.15) is 0 Å². The summed E-state index contributed by atoms with van der Waals surface area (Å²) in [6.07, 6.45) is 1.58. The van der Waals surface area contributed by atoms with Gasteiger partial charge in [0.15, 0.2) is 5.96 Å². The number of carbonyl (C=O) groups is 1. The van der Waals surface area contributed by atoms with Crippen molar-refractivity contribution < 1.29 is 9.00 Å². The number of anilines is 1. The van der Waals surface area contributed by atoms with Crippen LogP contribution in [-0.4, -0.2) is 46.7 Å². The van der Waals surface area contributed by atoms with Crippen LogP contribution in [0.1, 0.15) is 39.2 Å². The average molecular weight is 506 g/mol. The minimum Gasteiger partial charge on any atom is -0.355 e. The summed E-state index contributed by atoms with van der Waals surface area (Å²) in [5.41, 5.74) is 2.07. The average Bonchev–Trinajstić information content (AvgIpc) is 3.03. The highest BCUT2D eigenvalue weighted by Gasteiger charge is 2.21. The van der Waals surface area contributed by atoms with Crippen molar-refractivity contribution in [1.82, 2.24) is 10.6 Å². The number of hydrogen-bond acceptors (Lipinski definition) is 3. The molecule has 1 saturated heterocycles. The van der Waals surface area contributed by atoms with Crippen molar-refractivity contribution in [2.45, 2.75) is 44.9 Å². The van der Waals surface area contributed by atoms with Gasteiger partial charge in [-0.25, -0.2) is 0 Å². The van der Waals surface area contributed by atoms with Crippen molar-refractivity contribution in [3.8, 4) is 0 Å². The van der Waals surface area contributed by atoms with Crippen LogP contribution < -0.4 is 15.5 Å². The van der Waals surface area contributed by atoms with E-state index in [1.165, 1.54) is 0 Å². The highest BCUT2D eigenvalue weighted by molar-refractivity contribution is 14.0. The van der Waals surface area contributed by atoms with Crippen LogP contribution in [0.4, 0.5) is 5.69 Å². The van der Waals surface area contributed by atoms with Crippen molar-refractivity contribution >= 4 is 52.3 Å². The number of nitrogens with zero attached hydrogens (tertiary/aromatic N) is 2. The normalized spacial score (nSPS) is 16.1. The van der Waals surface area contributed by atoms with E-state index in [4.69, 9.17) is 0 Å². The summed E-state index contributed by atoms with van der Waals surface area (Å²) in [5.74, 6) is 1.48. The number of benzene rings is 1. The molecule has 0 radical (unpaired) electrons. The third kappa shape index (κ3) is 7.40. The molecule has 1 fully saturated rings. The van der Waals surface area contributed by atoms with Crippen LogP contribution in [0.15, 0.2) is 29.3 Å². The molecule has 1 amide bonds. The SMILES string of the molecule is CN=C(NCCS(=O)C(C)(C)C)NCc1ccc(N2CCCC2=O)cc1.I. The first-order chi connectivity index (χ1) is 12.3. The molecule has 0 spiro atoms. The summed E-state index contributed by atoms with van der Waals surface area (Å²) in [6.45, 7) is 8.00. The largest absolute Gasteiger partial charge is 0.355 e. The van der Waals surface area contributed by atoms with Gasteiger partial charge < -0.3 is 15.5 Å². The van der Waals surface area contributed by atoms with Crippen LogP contribution in [0.5, 0.6) is 0 Å². The third-order valence-electron chi connectivity index (χ3n) is 4.27. The summed E-state index contributed by atoms with van der Waals surface area (Å²) >= 11 is 0. The van der Waals surface area contributed by atoms with E-state index in [9.17, 15) is 9.00 Å². The molecule has 1 unspecified atom stereocenters. The molecule has 0 bridgehead atoms. The Morgan fingerprint density at radius 1 is 1.22 bits per heavy atom. The molecule has 2 rings (SSSR count). The Hall–Kier alpha value is -1.16. The van der Waals surface area contributed by atoms with Crippen LogP contribution in [0, 0.1) is 0 Å². The Kier molecular flexibility index (Phi) is 9.72. The Bertz CT molecular complexity index is 671. The number of guanidine groups is 1. The van der Waals surface area contributed by atoms with E-state index in [2.05, 4.69) is 15.6 Å². The zero-order valence-corrected chi connectivity index (χ0v) is 19.7. The summed E-state index contributed by atoms with van der Waals surface area (Å²) < 4.78 is 11.9. The van der Waals surface area contributed by atoms with Crippen molar-refractivity contribution in [3.63, 3.8) is 0 Å². The number of aliphatic imine (C=N–C) groups is 1. The second-order valence-electron chi connectivity index (χ2n) is 7.33. The number of halogens is 1. The van der Waals surface area contributed by atoms with E-state index in [1.807, 2.05) is 49.9 Å². The van der Waals surface area contributed by atoms with Gasteiger partial charge in [0, 0.05) is 60.1 Å². The van der Waals surface area contributed by atoms with E-state index in [0.29, 0.717) is 31.2 Å². The van der Waals surface area contributed by atoms with Gasteiger partial charge in [0.25, 0.3) is 0 Å². The molecule has 1 aliphatic heterocycles. The predicted octanol–water partition coefficient (Wildman–Crippen LogP) is 2.64. The second kappa shape index (κ2) is 11.0. The zero-order valence-electron chi connectivity index (χ0n) is 16.6. The fraction of sp³-hybridized carbons (Fsp3) is 0.579. The van der Waals surface area contributed by atoms with Gasteiger partial charge in [-0.1, -0.05) is 12.1 Å². The molecular formula is C19H31IN4O2S. The van der Waals surface area contributed by atoms with E-state index < -0.39 is 10.8 Å². The standard InChI is InChI=1S/C19H30N4O2S.HI/c1-19(2,3)26(25)13-11-21-18(20-4)22-14-15-7-9-16(10-8-15)23-12-5-6-17(23)24;/h7-10H,5-6,11-14H2,1-4H3,(H2,20,21,22);1H. The van der Waals surface area contributed by atoms with Gasteiger partial charge in [0.05, 0.1) is 0 Å². The first-order valence-corrected chi connectivity index (χ1v) is 10.4. The lowest BCUT2D eigenvalue weighted by Crippen LogP contribution is -2.40. The molecule has 0 aliphatic carbocycles. The highest BCUT2D eigenvalue weighted by atomic mass is 127. The summed E-state index contributed by atoms with van der Waals surface area (Å²) in [4.78, 5) is 17.8. The molecule has 152 valence electrons. The lowest BCUT2D eigenvalue weighted by Gasteiger charge is -2.19. The molecule has 0 saturated carbocycles. The number of amides is 1. The minimum atomic E-state index is -0.880. The molecular weight excluding hydrogens is 475 g/mol. The Balaban J connectivity index is 0.00000364. The minimum absolute atomic E-state index is 0. The van der Waals surface area contributed by atoms with Gasteiger partial charge in [-0.05, 0) is 44.9 Å². The summed E-state index contributed by atoms with van der Waals surface area (Å²) in [5, 5.41) is 6.45. The first kappa shape index (κ1) is 23.9. The molecule has 0 aromatic heterocycles. The monoisotopic (exact) mass is 506 g/mol. The van der Waals surface area contributed by atoms with Gasteiger partial charge >= 0.3 is 0 Å². The van der Waals surface area contributed by atoms with Crippen LogP contribution in [0.3, 0.4) is 0 Å². The molecule has 2 N–H and O–H groups in total. The maximum Gasteiger partial charge on any atom is 0.227 e. The predicted molar refractivity (Wildman–Crippen MR) is 124 cm³/mol. The topological polar surface area (TPSA) is 73.8 Å². The van der Waals surface area contributed by atoms with Gasteiger partial charge in [-0.2, -0.15) is 0 Å². The number of carbonyl (C=O) groups excluding carboxylic acids is 1. The smallest absolute Gasteiger partial charge is 0.227 e. The fourth-order valence-electron chi connectivity index (χ4n) is 2.69. The van der Waals surface area contributed by atoms with Crippen molar-refractivity contribution in [2.75, 3.05) is 30.8 Å². The third-order valence-corrected chi connectivity index (χ3v) is 6.21. The van der Waals surface area contributed by atoms with Crippen LogP contribution in [0.2, 0.25) is 0 Å². The molecule has 1 aliphatic rings. The van der Waals surface area contributed by atoms with Gasteiger partial charge in [-0.3, -0.25) is 14.0 Å². The quantitative estimate of drug-likeness (QED) is 0.354. The first-order valence-electron chi connectivity index (χ1n) is 9.03. The van der Waals surface area contributed by atoms with Crippen LogP contribution in [-0.2, 0) is 22.1 Å². The van der Waals surface area contributed by atoms with E-state index in [-0.39, 0.29) is 34.6 Å². The number of hydrogen-bond donors (Lipinski definition) is 2. The summed E-state index contributed by atoms with van der Waals surface area (Å²) in [6, 6.07) is 8.03. The number of rotatable bonds is 6. The molecule has 6 nitrogen and oxygen atoms in total. The van der Waals surface area contributed by atoms with Gasteiger partial charge in [0.2, 0.25) is 5.91 Å². The zero-order chi connectivity index (χ0) is 19.2. The molecule has 27 heavy (non-hydrogen) atoms. The molecule has 1 heterocycles. The summed E-state index contributed by atoms with van der Waals surface area (Å²) in [7, 11) is 0.840. The molecule has 1 atom stereocenters. The fourth-order valence-corrected chi connectivity index (χ4v) is 3.59. The Morgan fingerprint density at radius 2 is 1.89 bits per heavy atom. The highest BCUT2D eigenvalue weighted by Crippen LogP contribution is 2.21. The molecule has 1 aromatic carbocycles. The number of nitrogens with one attached hydrogen (secondary N) is 2. The Labute approximate surface area is 182 Å². The van der Waals surface area contributed by atoms with E-state index in [0.717, 1.165) is 24.2 Å². The van der Waals surface area contributed by atoms with Crippen molar-refractivity contribution in [1.29, 1.82) is 0 Å². The van der Waals surface area contributed by atoms with Crippen LogP contribution in [0.25, 0.3) is 0 Å². The van der Waals surface area contributed by atoms with E-state index in [1.54, 1.807) is 7.05 Å². The van der Waals surface area contributed by atoms with Crippen molar-refractivity contribution in [3.05, 3.63) is 29.8 Å². The Morgan fingerprint density at radius 3 is 2.41 bits per heavy atom. The van der Waals surface area contributed by atoms with Crippen LogP contribution >= 0.6 is 24.0 Å². The van der Waals surface area contributed by atoms with E-state index >= 15 is 0 Å². The molecule has 1 aromatic rings. The lowest BCUT2D eigenvalue weighted by atomic mass is 10.2. The van der Waals surface area contributed by atoms with Crippen molar-refractivity contribution in [2.24, 2.45) is 4.99 Å². The molecule has 8 heteroatoms. The lowest BCUT2D eigenvalue weighted by molar-refractivity contribution is -0.117. The maximum atomic E-state index is 12.1.